The highest BCUT2D eigenvalue weighted by Crippen LogP contribution is 1.94. The number of hydrogen-bond acceptors (Lipinski definition) is 2. The van der Waals surface area contributed by atoms with Gasteiger partial charge in [-0.3, -0.25) is 4.79 Å². The van der Waals surface area contributed by atoms with Crippen LogP contribution in [0.2, 0.25) is 0 Å². The van der Waals surface area contributed by atoms with Gasteiger partial charge in [-0.05, 0) is 6.42 Å². The highest BCUT2D eigenvalue weighted by Gasteiger charge is 1.99. The number of aromatic nitrogens is 1. The van der Waals surface area contributed by atoms with Crippen molar-refractivity contribution in [1.29, 1.82) is 0 Å². The predicted octanol–water partition coefficient (Wildman–Crippen LogP) is 0.619. The molecular formula is C9H13NO2. The second-order valence-electron chi connectivity index (χ2n) is 2.79. The molecule has 1 aromatic heterocycles. The fraction of sp³-hybridized carbons (Fsp3) is 0.444. The Hall–Kier alpha value is -1.09. The maximum atomic E-state index is 10.7. The lowest BCUT2D eigenvalue weighted by Crippen LogP contribution is -2.15. The molecule has 1 heterocycles. The first-order valence-corrected chi connectivity index (χ1v) is 4.06. The molecule has 3 nitrogen and oxygen atoms in total. The van der Waals surface area contributed by atoms with Crippen molar-refractivity contribution >= 4 is 0 Å². The molecule has 0 aliphatic rings. The van der Waals surface area contributed by atoms with E-state index in [1.165, 1.54) is 12.1 Å². The van der Waals surface area contributed by atoms with Crippen molar-refractivity contribution in [3.8, 4) is 0 Å². The maximum Gasteiger partial charge on any atom is 0.181 e. The molecule has 0 aliphatic heterocycles. The van der Waals surface area contributed by atoms with Crippen LogP contribution >= 0.6 is 0 Å². The van der Waals surface area contributed by atoms with Crippen molar-refractivity contribution in [1.82, 2.24) is 4.57 Å². The third kappa shape index (κ3) is 2.51. The van der Waals surface area contributed by atoms with Gasteiger partial charge in [-0.25, -0.2) is 0 Å². The molecular weight excluding hydrogens is 154 g/mol. The lowest BCUT2D eigenvalue weighted by molar-refractivity contribution is 0.149. The summed E-state index contributed by atoms with van der Waals surface area (Å²) in [7, 11) is 0. The first-order valence-electron chi connectivity index (χ1n) is 4.06. The summed E-state index contributed by atoms with van der Waals surface area (Å²) in [6.07, 6.45) is 3.77. The van der Waals surface area contributed by atoms with Crippen LogP contribution in [0.1, 0.15) is 13.3 Å². The first-order chi connectivity index (χ1) is 5.72. The number of rotatable bonds is 3. The minimum atomic E-state index is -0.326. The van der Waals surface area contributed by atoms with Crippen LogP contribution in [0.5, 0.6) is 0 Å². The predicted molar refractivity (Wildman–Crippen MR) is 47.0 cm³/mol. The zero-order chi connectivity index (χ0) is 8.97. The summed E-state index contributed by atoms with van der Waals surface area (Å²) in [4.78, 5) is 10.7. The highest BCUT2D eigenvalue weighted by molar-refractivity contribution is 4.93. The molecule has 0 radical (unpaired) electrons. The third-order valence-electron chi connectivity index (χ3n) is 1.75. The van der Waals surface area contributed by atoms with Crippen molar-refractivity contribution in [3.63, 3.8) is 0 Å². The normalized spacial score (nSPS) is 12.8. The van der Waals surface area contributed by atoms with Crippen molar-refractivity contribution in [2.24, 2.45) is 0 Å². The molecule has 0 aliphatic carbocycles. The van der Waals surface area contributed by atoms with Crippen molar-refractivity contribution in [2.45, 2.75) is 26.0 Å². The summed E-state index contributed by atoms with van der Waals surface area (Å²) in [5.41, 5.74) is -0.00256. The van der Waals surface area contributed by atoms with Gasteiger partial charge in [0.15, 0.2) is 5.43 Å². The van der Waals surface area contributed by atoms with E-state index in [0.29, 0.717) is 6.54 Å². The van der Waals surface area contributed by atoms with E-state index in [9.17, 15) is 9.90 Å². The van der Waals surface area contributed by atoms with Crippen LogP contribution in [0.4, 0.5) is 0 Å². The lowest BCUT2D eigenvalue weighted by Gasteiger charge is -2.09. The van der Waals surface area contributed by atoms with Gasteiger partial charge in [0, 0.05) is 31.1 Å². The fourth-order valence-electron chi connectivity index (χ4n) is 0.938. The summed E-state index contributed by atoms with van der Waals surface area (Å²) in [5.74, 6) is 0. The van der Waals surface area contributed by atoms with E-state index in [2.05, 4.69) is 0 Å². The topological polar surface area (TPSA) is 42.2 Å². The van der Waals surface area contributed by atoms with Crippen LogP contribution in [0.15, 0.2) is 29.3 Å². The lowest BCUT2D eigenvalue weighted by atomic mass is 10.3. The van der Waals surface area contributed by atoms with Crippen LogP contribution in [0, 0.1) is 0 Å². The van der Waals surface area contributed by atoms with Gasteiger partial charge in [0.2, 0.25) is 0 Å². The van der Waals surface area contributed by atoms with Gasteiger partial charge >= 0.3 is 0 Å². The molecule has 1 N–H and O–H groups in total. The zero-order valence-electron chi connectivity index (χ0n) is 7.10. The van der Waals surface area contributed by atoms with Gasteiger partial charge in [-0.1, -0.05) is 6.92 Å². The largest absolute Gasteiger partial charge is 0.391 e. The molecule has 1 rings (SSSR count). The van der Waals surface area contributed by atoms with Gasteiger partial charge in [-0.2, -0.15) is 0 Å². The summed E-state index contributed by atoms with van der Waals surface area (Å²) >= 11 is 0. The second kappa shape index (κ2) is 4.07. The number of pyridine rings is 1. The van der Waals surface area contributed by atoms with Gasteiger partial charge < -0.3 is 9.67 Å². The Labute approximate surface area is 71.3 Å². The molecule has 66 valence electrons. The summed E-state index contributed by atoms with van der Waals surface area (Å²) in [5, 5.41) is 9.28. The molecule has 12 heavy (non-hydrogen) atoms. The molecule has 1 unspecified atom stereocenters. The van der Waals surface area contributed by atoms with Gasteiger partial charge in [0.25, 0.3) is 0 Å². The Kier molecular flexibility index (Phi) is 3.05. The number of hydrogen-bond donors (Lipinski definition) is 1. The van der Waals surface area contributed by atoms with Crippen molar-refractivity contribution in [2.75, 3.05) is 0 Å². The van der Waals surface area contributed by atoms with E-state index in [1.807, 2.05) is 6.92 Å². The highest BCUT2D eigenvalue weighted by atomic mass is 16.3. The Morgan fingerprint density at radius 2 is 2.08 bits per heavy atom. The Morgan fingerprint density at radius 1 is 1.50 bits per heavy atom. The number of nitrogens with zero attached hydrogens (tertiary/aromatic N) is 1. The molecule has 1 atom stereocenters. The number of aliphatic hydroxyl groups is 1. The molecule has 0 saturated carbocycles. The average molecular weight is 167 g/mol. The Bertz CT molecular complexity index is 272. The van der Waals surface area contributed by atoms with Crippen molar-refractivity contribution < 1.29 is 5.11 Å². The number of aliphatic hydroxyl groups excluding tert-OH is 1. The van der Waals surface area contributed by atoms with Crippen LogP contribution in [0.25, 0.3) is 0 Å². The van der Waals surface area contributed by atoms with Crippen LogP contribution in [0.3, 0.4) is 0 Å². The summed E-state index contributed by atoms with van der Waals surface area (Å²) in [6.45, 7) is 2.48. The van der Waals surface area contributed by atoms with E-state index in [1.54, 1.807) is 17.0 Å². The Balaban J connectivity index is 2.64. The monoisotopic (exact) mass is 167 g/mol. The molecule has 0 aromatic carbocycles. The van der Waals surface area contributed by atoms with E-state index in [4.69, 9.17) is 0 Å². The van der Waals surface area contributed by atoms with Gasteiger partial charge in [0.1, 0.15) is 0 Å². The van der Waals surface area contributed by atoms with Crippen LogP contribution < -0.4 is 5.43 Å². The van der Waals surface area contributed by atoms with Crippen molar-refractivity contribution in [3.05, 3.63) is 34.7 Å². The van der Waals surface area contributed by atoms with Crippen LogP contribution in [-0.2, 0) is 6.54 Å². The SMILES string of the molecule is CCC(O)Cn1ccc(=O)cc1. The summed E-state index contributed by atoms with van der Waals surface area (Å²) in [6, 6.07) is 2.98. The van der Waals surface area contributed by atoms with Gasteiger partial charge in [-0.15, -0.1) is 0 Å². The van der Waals surface area contributed by atoms with E-state index in [0.717, 1.165) is 6.42 Å². The molecule has 1 aromatic rings. The minimum absolute atomic E-state index is 0.00256. The maximum absolute atomic E-state index is 10.7. The molecule has 0 bridgehead atoms. The molecule has 3 heteroatoms. The van der Waals surface area contributed by atoms with E-state index >= 15 is 0 Å². The Morgan fingerprint density at radius 3 is 2.58 bits per heavy atom. The average Bonchev–Trinajstić information content (AvgIpc) is 2.09. The molecule has 0 saturated heterocycles. The van der Waals surface area contributed by atoms with Gasteiger partial charge in [0.05, 0.1) is 6.10 Å². The minimum Gasteiger partial charge on any atom is -0.391 e. The smallest absolute Gasteiger partial charge is 0.181 e. The van der Waals surface area contributed by atoms with Crippen LogP contribution in [-0.4, -0.2) is 15.8 Å². The molecule has 0 amide bonds. The standard InChI is InChI=1S/C9H13NO2/c1-2-8(11)7-10-5-3-9(12)4-6-10/h3-6,8,11H,2,7H2,1H3. The van der Waals surface area contributed by atoms with E-state index in [-0.39, 0.29) is 11.5 Å². The second-order valence-corrected chi connectivity index (χ2v) is 2.79. The molecule has 0 spiro atoms. The summed E-state index contributed by atoms with van der Waals surface area (Å²) < 4.78 is 1.80. The fourth-order valence-corrected chi connectivity index (χ4v) is 0.938. The van der Waals surface area contributed by atoms with E-state index < -0.39 is 0 Å². The first kappa shape index (κ1) is 9.00. The quantitative estimate of drug-likeness (QED) is 0.717. The third-order valence-corrected chi connectivity index (χ3v) is 1.75. The zero-order valence-corrected chi connectivity index (χ0v) is 7.10. The molecule has 0 fully saturated rings.